The van der Waals surface area contributed by atoms with Gasteiger partial charge in [0, 0.05) is 32.7 Å². The van der Waals surface area contributed by atoms with E-state index in [1.807, 2.05) is 30.3 Å². The van der Waals surface area contributed by atoms with Crippen molar-refractivity contribution in [3.63, 3.8) is 0 Å². The Morgan fingerprint density at radius 3 is 2.05 bits per heavy atom. The van der Waals surface area contributed by atoms with Crippen LogP contribution in [0.15, 0.2) is 124 Å². The van der Waals surface area contributed by atoms with Crippen molar-refractivity contribution in [2.45, 2.75) is 31.2 Å². The molecule has 0 bridgehead atoms. The van der Waals surface area contributed by atoms with Gasteiger partial charge in [0.2, 0.25) is 0 Å². The molecule has 1 aliphatic carbocycles. The number of Topliss-reactive ketones (excluding diaryl/α,β-unsaturated/α-hetero) is 1. The third-order valence-electron chi connectivity index (χ3n) is 9.12. The minimum atomic E-state index is -0.641. The van der Waals surface area contributed by atoms with Gasteiger partial charge in [-0.05, 0) is 76.7 Å². The molecule has 0 N–H and O–H groups in total. The van der Waals surface area contributed by atoms with Crippen LogP contribution in [0, 0.1) is 5.92 Å². The van der Waals surface area contributed by atoms with E-state index in [9.17, 15) is 4.79 Å². The summed E-state index contributed by atoms with van der Waals surface area (Å²) in [6.07, 6.45) is 5.52. The van der Waals surface area contributed by atoms with Gasteiger partial charge in [-0.2, -0.15) is 0 Å². The first-order valence-electron chi connectivity index (χ1n) is 13.7. The molecule has 3 atom stereocenters. The number of nitrogens with zero attached hydrogens (tertiary/aromatic N) is 1. The van der Waals surface area contributed by atoms with Gasteiger partial charge in [-0.25, -0.2) is 0 Å². The molecular weight excluding hydrogens is 622 g/mol. The molecule has 0 saturated carbocycles. The van der Waals surface area contributed by atoms with Crippen LogP contribution in [0.4, 0.5) is 5.69 Å². The predicted octanol–water partition coefficient (Wildman–Crippen LogP) is 9.75. The van der Waals surface area contributed by atoms with E-state index in [1.165, 1.54) is 11.3 Å². The number of benzene rings is 4. The molecule has 4 heteroatoms. The number of anilines is 1. The maximum atomic E-state index is 14.9. The minimum Gasteiger partial charge on any atom is -0.363 e. The lowest BCUT2D eigenvalue weighted by molar-refractivity contribution is 0.0877. The van der Waals surface area contributed by atoms with E-state index in [4.69, 9.17) is 0 Å². The highest BCUT2D eigenvalue weighted by molar-refractivity contribution is 9.10. The average molecular weight is 653 g/mol. The number of hydrogen-bond acceptors (Lipinski definition) is 2. The number of fused-ring (bicyclic) bond motifs is 1. The summed E-state index contributed by atoms with van der Waals surface area (Å²) in [5.41, 5.74) is 6.60. The first kappa shape index (κ1) is 27.0. The number of para-hydroxylation sites is 1. The van der Waals surface area contributed by atoms with Crippen LogP contribution in [-0.2, 0) is 5.41 Å². The van der Waals surface area contributed by atoms with Crippen molar-refractivity contribution in [2.75, 3.05) is 11.9 Å². The van der Waals surface area contributed by atoms with Crippen LogP contribution in [0.3, 0.4) is 0 Å². The number of hydrogen-bond donors (Lipinski definition) is 0. The Bertz CT molecular complexity index is 1640. The molecule has 2 aliphatic rings. The van der Waals surface area contributed by atoms with E-state index in [1.54, 1.807) is 0 Å². The lowest BCUT2D eigenvalue weighted by Gasteiger charge is -2.53. The van der Waals surface area contributed by atoms with Gasteiger partial charge in [0.05, 0.1) is 11.5 Å². The van der Waals surface area contributed by atoms with E-state index in [2.05, 4.69) is 143 Å². The van der Waals surface area contributed by atoms with Gasteiger partial charge < -0.3 is 4.90 Å². The van der Waals surface area contributed by atoms with E-state index in [-0.39, 0.29) is 11.2 Å². The van der Waals surface area contributed by atoms with Crippen LogP contribution in [0.25, 0.3) is 11.1 Å². The molecule has 4 aromatic rings. The van der Waals surface area contributed by atoms with Crippen LogP contribution < -0.4 is 4.90 Å². The molecule has 0 radical (unpaired) electrons. The summed E-state index contributed by atoms with van der Waals surface area (Å²) < 4.78 is 2.00. The molecule has 0 amide bonds. The second-order valence-electron chi connectivity index (χ2n) is 11.0. The average Bonchev–Trinajstić information content (AvgIpc) is 3.17. The quantitative estimate of drug-likeness (QED) is 0.200. The summed E-state index contributed by atoms with van der Waals surface area (Å²) in [5.74, 6) is -0.300. The standard InChI is InChI=1S/C36H31Br2NO/c1-4-35(2)31-12-8-9-13-32(31)39(3)36(35)23-27(24-14-18-28(37)19-15-24)22-30(25-10-6-5-7-11-25)33(36)34(40)26-16-20-29(38)21-17-26/h5-23,33H,4H2,1-3H3/t33-,35+,36-/m0/s1. The van der Waals surface area contributed by atoms with E-state index < -0.39 is 11.5 Å². The number of carbonyl (C=O) groups is 1. The Kier molecular flexibility index (Phi) is 6.96. The highest BCUT2D eigenvalue weighted by Crippen LogP contribution is 2.61. The molecule has 2 nitrogen and oxygen atoms in total. The van der Waals surface area contributed by atoms with Gasteiger partial charge in [0.25, 0.3) is 0 Å². The van der Waals surface area contributed by atoms with E-state index in [0.717, 1.165) is 43.2 Å². The fourth-order valence-corrected chi connectivity index (χ4v) is 7.45. The fourth-order valence-electron chi connectivity index (χ4n) is 6.92. The summed E-state index contributed by atoms with van der Waals surface area (Å²) in [5, 5.41) is 0. The molecule has 200 valence electrons. The predicted molar refractivity (Wildman–Crippen MR) is 174 cm³/mol. The molecule has 40 heavy (non-hydrogen) atoms. The second kappa shape index (κ2) is 10.3. The Labute approximate surface area is 253 Å². The first-order chi connectivity index (χ1) is 19.3. The molecule has 0 fully saturated rings. The first-order valence-corrected chi connectivity index (χ1v) is 15.3. The molecule has 0 saturated heterocycles. The van der Waals surface area contributed by atoms with Crippen molar-refractivity contribution in [2.24, 2.45) is 5.92 Å². The SMILES string of the molecule is CC[C@]1(C)c2ccccc2N(C)[C@]12C=C(c1ccc(Br)cc1)C=C(c1ccccc1)[C@H]2C(=O)c1ccc(Br)cc1. The van der Waals surface area contributed by atoms with Crippen LogP contribution in [0.2, 0.25) is 0 Å². The second-order valence-corrected chi connectivity index (χ2v) is 12.8. The van der Waals surface area contributed by atoms with Gasteiger partial charge >= 0.3 is 0 Å². The maximum absolute atomic E-state index is 14.9. The highest BCUT2D eigenvalue weighted by Gasteiger charge is 2.63. The van der Waals surface area contributed by atoms with Gasteiger partial charge in [-0.15, -0.1) is 0 Å². The summed E-state index contributed by atoms with van der Waals surface area (Å²) >= 11 is 7.16. The Balaban J connectivity index is 1.69. The largest absolute Gasteiger partial charge is 0.363 e. The summed E-state index contributed by atoms with van der Waals surface area (Å²) in [4.78, 5) is 17.3. The van der Waals surface area contributed by atoms with Crippen molar-refractivity contribution in [1.29, 1.82) is 0 Å². The van der Waals surface area contributed by atoms with Gasteiger partial charge in [0.15, 0.2) is 5.78 Å². The molecular formula is C36H31Br2NO. The number of rotatable bonds is 5. The maximum Gasteiger partial charge on any atom is 0.173 e. The zero-order valence-electron chi connectivity index (χ0n) is 22.9. The monoisotopic (exact) mass is 651 g/mol. The van der Waals surface area contributed by atoms with Crippen molar-refractivity contribution >= 4 is 54.5 Å². The Morgan fingerprint density at radius 2 is 1.40 bits per heavy atom. The van der Waals surface area contributed by atoms with Crippen molar-refractivity contribution < 1.29 is 4.79 Å². The van der Waals surface area contributed by atoms with Crippen LogP contribution in [-0.4, -0.2) is 18.4 Å². The van der Waals surface area contributed by atoms with Crippen molar-refractivity contribution in [1.82, 2.24) is 0 Å². The Hall–Kier alpha value is -3.21. The summed E-state index contributed by atoms with van der Waals surface area (Å²) in [6, 6.07) is 35.4. The number of ketones is 1. The van der Waals surface area contributed by atoms with Crippen molar-refractivity contribution in [3.8, 4) is 0 Å². The molecule has 6 rings (SSSR count). The minimum absolute atomic E-state index is 0.132. The molecule has 0 aromatic heterocycles. The molecule has 0 unspecified atom stereocenters. The normalized spacial score (nSPS) is 23.5. The Morgan fingerprint density at radius 1 is 0.800 bits per heavy atom. The van der Waals surface area contributed by atoms with Gasteiger partial charge in [0.1, 0.15) is 0 Å². The highest BCUT2D eigenvalue weighted by atomic mass is 79.9. The topological polar surface area (TPSA) is 20.3 Å². The zero-order valence-corrected chi connectivity index (χ0v) is 26.0. The summed E-state index contributed by atoms with van der Waals surface area (Å²) in [7, 11) is 2.17. The molecule has 1 spiro atoms. The van der Waals surface area contributed by atoms with Gasteiger partial charge in [-0.3, -0.25) is 4.79 Å². The fraction of sp³-hybridized carbons (Fsp3) is 0.194. The number of halogens is 2. The van der Waals surface area contributed by atoms with Crippen molar-refractivity contribution in [3.05, 3.63) is 146 Å². The van der Waals surface area contributed by atoms with Crippen LogP contribution in [0.1, 0.15) is 47.3 Å². The van der Waals surface area contributed by atoms with E-state index >= 15 is 0 Å². The lowest BCUT2D eigenvalue weighted by atomic mass is 9.55. The molecule has 1 aliphatic heterocycles. The zero-order chi connectivity index (χ0) is 28.1. The number of allylic oxidation sites excluding steroid dienone is 2. The smallest absolute Gasteiger partial charge is 0.173 e. The lowest BCUT2D eigenvalue weighted by Crippen LogP contribution is -2.62. The van der Waals surface area contributed by atoms with E-state index in [0.29, 0.717) is 0 Å². The summed E-state index contributed by atoms with van der Waals surface area (Å²) in [6.45, 7) is 4.60. The third-order valence-corrected chi connectivity index (χ3v) is 10.2. The van der Waals surface area contributed by atoms with Crippen LogP contribution >= 0.6 is 31.9 Å². The molecule has 4 aromatic carbocycles. The third kappa shape index (κ3) is 4.07. The van der Waals surface area contributed by atoms with Crippen LogP contribution in [0.5, 0.6) is 0 Å². The number of carbonyl (C=O) groups excluding carboxylic acids is 1. The number of likely N-dealkylation sites (N-methyl/N-ethyl adjacent to an activating group) is 1. The van der Waals surface area contributed by atoms with Gasteiger partial charge in [-0.1, -0.05) is 119 Å². The molecule has 1 heterocycles.